The van der Waals surface area contributed by atoms with E-state index >= 15 is 0 Å². The quantitative estimate of drug-likeness (QED) is 0.536. The van der Waals surface area contributed by atoms with E-state index in [2.05, 4.69) is 32.2 Å². The van der Waals surface area contributed by atoms with Crippen molar-refractivity contribution in [2.75, 3.05) is 11.1 Å². The van der Waals surface area contributed by atoms with E-state index in [-0.39, 0.29) is 18.1 Å². The maximum atomic E-state index is 12.8. The lowest BCUT2D eigenvalue weighted by Gasteiger charge is -2.10. The number of benzene rings is 1. The lowest BCUT2D eigenvalue weighted by atomic mass is 10.2. The fraction of sp³-hybridized carbons (Fsp3) is 0.211. The molecular weight excluding hydrogens is 374 g/mol. The minimum absolute atomic E-state index is 0.0898. The van der Waals surface area contributed by atoms with Crippen LogP contribution in [0.15, 0.2) is 41.5 Å². The van der Waals surface area contributed by atoms with Crippen molar-refractivity contribution in [2.45, 2.75) is 26.8 Å². The van der Waals surface area contributed by atoms with Crippen LogP contribution < -0.4 is 16.6 Å². The molecule has 28 heavy (non-hydrogen) atoms. The molecular formula is C19H19N7OS. The third-order valence-electron chi connectivity index (χ3n) is 4.32. The molecule has 4 aromatic rings. The lowest BCUT2D eigenvalue weighted by molar-refractivity contribution is 0.704. The molecule has 0 bridgehead atoms. The summed E-state index contributed by atoms with van der Waals surface area (Å²) in [6, 6.07) is 9.70. The Morgan fingerprint density at radius 3 is 2.82 bits per heavy atom. The number of hydrogen-bond donors (Lipinski definition) is 2. The third kappa shape index (κ3) is 3.56. The van der Waals surface area contributed by atoms with Gasteiger partial charge in [-0.3, -0.25) is 9.36 Å². The first-order valence-corrected chi connectivity index (χ1v) is 9.66. The number of nitrogens with zero attached hydrogens (tertiary/aromatic N) is 5. The average Bonchev–Trinajstić information content (AvgIpc) is 3.10. The fourth-order valence-electron chi connectivity index (χ4n) is 2.85. The molecule has 3 aromatic heterocycles. The number of nitrogen functional groups attached to an aromatic ring is 1. The summed E-state index contributed by atoms with van der Waals surface area (Å²) >= 11 is 1.54. The summed E-state index contributed by atoms with van der Waals surface area (Å²) in [5.74, 6) is 0.812. The molecule has 0 radical (unpaired) electrons. The van der Waals surface area contributed by atoms with Crippen LogP contribution in [0.2, 0.25) is 0 Å². The van der Waals surface area contributed by atoms with Gasteiger partial charge in [-0.2, -0.15) is 15.0 Å². The van der Waals surface area contributed by atoms with Gasteiger partial charge < -0.3 is 11.1 Å². The van der Waals surface area contributed by atoms with Crippen LogP contribution in [0.3, 0.4) is 0 Å². The SMILES string of the molecule is CCc1cc2c(=O)n(Cc3nc(N)nc(Nc4ccccc4C)n3)cnc2s1. The maximum absolute atomic E-state index is 12.8. The van der Waals surface area contributed by atoms with Gasteiger partial charge in [0.1, 0.15) is 4.83 Å². The van der Waals surface area contributed by atoms with Crippen molar-refractivity contribution in [3.8, 4) is 0 Å². The molecule has 0 saturated heterocycles. The van der Waals surface area contributed by atoms with Crippen LogP contribution in [-0.2, 0) is 13.0 Å². The van der Waals surface area contributed by atoms with Gasteiger partial charge in [0.2, 0.25) is 11.9 Å². The molecule has 8 nitrogen and oxygen atoms in total. The normalized spacial score (nSPS) is 11.1. The Hall–Kier alpha value is -3.33. The van der Waals surface area contributed by atoms with Gasteiger partial charge in [-0.05, 0) is 31.0 Å². The van der Waals surface area contributed by atoms with E-state index < -0.39 is 0 Å². The average molecular weight is 393 g/mol. The second-order valence-corrected chi connectivity index (χ2v) is 7.45. The molecule has 0 aliphatic rings. The molecule has 0 atom stereocenters. The van der Waals surface area contributed by atoms with Gasteiger partial charge >= 0.3 is 0 Å². The molecule has 1 aromatic carbocycles. The largest absolute Gasteiger partial charge is 0.368 e. The molecule has 9 heteroatoms. The second kappa shape index (κ2) is 7.35. The van der Waals surface area contributed by atoms with E-state index in [1.54, 1.807) is 0 Å². The van der Waals surface area contributed by atoms with Crippen LogP contribution in [0, 0.1) is 6.92 Å². The molecule has 4 rings (SSSR count). The number of aromatic nitrogens is 5. The zero-order chi connectivity index (χ0) is 19.7. The van der Waals surface area contributed by atoms with Crippen molar-refractivity contribution in [1.29, 1.82) is 0 Å². The third-order valence-corrected chi connectivity index (χ3v) is 5.51. The van der Waals surface area contributed by atoms with Crippen molar-refractivity contribution in [3.05, 3.63) is 63.3 Å². The number of nitrogens with one attached hydrogen (secondary N) is 1. The van der Waals surface area contributed by atoms with Crippen LogP contribution in [0.25, 0.3) is 10.2 Å². The smallest absolute Gasteiger partial charge is 0.262 e. The molecule has 0 aliphatic carbocycles. The standard InChI is InChI=1S/C19H19N7OS/c1-3-12-8-13-16(28-12)21-10-26(17(13)27)9-15-23-18(20)25-19(24-15)22-14-7-5-4-6-11(14)2/h4-8,10H,3,9H2,1-2H3,(H3,20,22,23,24,25). The van der Waals surface area contributed by atoms with Crippen LogP contribution in [0.1, 0.15) is 23.2 Å². The van der Waals surface area contributed by atoms with Crippen LogP contribution in [0.5, 0.6) is 0 Å². The first-order chi connectivity index (χ1) is 13.5. The van der Waals surface area contributed by atoms with Crippen molar-refractivity contribution in [3.63, 3.8) is 0 Å². The molecule has 0 saturated carbocycles. The molecule has 0 spiro atoms. The van der Waals surface area contributed by atoms with Gasteiger partial charge in [-0.25, -0.2) is 4.98 Å². The second-order valence-electron chi connectivity index (χ2n) is 6.34. The summed E-state index contributed by atoms with van der Waals surface area (Å²) in [5, 5.41) is 3.77. The molecule has 0 unspecified atom stereocenters. The highest BCUT2D eigenvalue weighted by molar-refractivity contribution is 7.18. The lowest BCUT2D eigenvalue weighted by Crippen LogP contribution is -2.22. The minimum atomic E-state index is -0.117. The Balaban J connectivity index is 1.66. The molecule has 0 fully saturated rings. The van der Waals surface area contributed by atoms with Crippen molar-refractivity contribution < 1.29 is 0 Å². The molecule has 142 valence electrons. The van der Waals surface area contributed by atoms with E-state index in [1.807, 2.05) is 37.3 Å². The highest BCUT2D eigenvalue weighted by atomic mass is 32.1. The van der Waals surface area contributed by atoms with Crippen molar-refractivity contribution in [1.82, 2.24) is 24.5 Å². The zero-order valence-corrected chi connectivity index (χ0v) is 16.3. The van der Waals surface area contributed by atoms with Gasteiger partial charge in [0.15, 0.2) is 5.82 Å². The van der Waals surface area contributed by atoms with Gasteiger partial charge in [0.05, 0.1) is 18.3 Å². The summed E-state index contributed by atoms with van der Waals surface area (Å²) in [6.07, 6.45) is 2.40. The maximum Gasteiger partial charge on any atom is 0.262 e. The Labute approximate surface area is 165 Å². The highest BCUT2D eigenvalue weighted by Gasteiger charge is 2.11. The summed E-state index contributed by atoms with van der Waals surface area (Å²) < 4.78 is 1.49. The van der Waals surface area contributed by atoms with Crippen LogP contribution in [-0.4, -0.2) is 24.5 Å². The predicted molar refractivity (Wildman–Crippen MR) is 111 cm³/mol. The number of rotatable bonds is 5. The van der Waals surface area contributed by atoms with E-state index in [9.17, 15) is 4.79 Å². The number of anilines is 3. The Kier molecular flexibility index (Phi) is 4.74. The van der Waals surface area contributed by atoms with E-state index in [0.717, 1.165) is 27.4 Å². The number of nitrogens with two attached hydrogens (primary N) is 1. The minimum Gasteiger partial charge on any atom is -0.368 e. The molecule has 3 heterocycles. The Morgan fingerprint density at radius 2 is 2.04 bits per heavy atom. The number of para-hydroxylation sites is 1. The Morgan fingerprint density at radius 1 is 1.21 bits per heavy atom. The first-order valence-electron chi connectivity index (χ1n) is 8.84. The van der Waals surface area contributed by atoms with Gasteiger partial charge in [-0.1, -0.05) is 25.1 Å². The molecule has 0 amide bonds. The molecule has 3 N–H and O–H groups in total. The predicted octanol–water partition coefficient (Wildman–Crippen LogP) is 2.89. The summed E-state index contributed by atoms with van der Waals surface area (Å²) in [6.45, 7) is 4.20. The monoisotopic (exact) mass is 393 g/mol. The number of fused-ring (bicyclic) bond motifs is 1. The van der Waals surface area contributed by atoms with Crippen LogP contribution >= 0.6 is 11.3 Å². The van der Waals surface area contributed by atoms with Gasteiger partial charge in [0, 0.05) is 10.6 Å². The number of thiophene rings is 1. The van der Waals surface area contributed by atoms with E-state index in [0.29, 0.717) is 17.2 Å². The van der Waals surface area contributed by atoms with E-state index in [1.165, 1.54) is 22.2 Å². The summed E-state index contributed by atoms with van der Waals surface area (Å²) in [7, 11) is 0. The number of aryl methyl sites for hydroxylation is 2. The fourth-order valence-corrected chi connectivity index (χ4v) is 3.77. The molecule has 0 aliphatic heterocycles. The topological polar surface area (TPSA) is 112 Å². The first kappa shape index (κ1) is 18.1. The van der Waals surface area contributed by atoms with Crippen molar-refractivity contribution in [2.24, 2.45) is 0 Å². The van der Waals surface area contributed by atoms with Crippen LogP contribution in [0.4, 0.5) is 17.6 Å². The van der Waals surface area contributed by atoms with E-state index in [4.69, 9.17) is 5.73 Å². The Bertz CT molecular complexity index is 1210. The van der Waals surface area contributed by atoms with Gasteiger partial charge in [-0.15, -0.1) is 11.3 Å². The summed E-state index contributed by atoms with van der Waals surface area (Å²) in [4.78, 5) is 31.8. The number of hydrogen-bond acceptors (Lipinski definition) is 8. The van der Waals surface area contributed by atoms with Crippen molar-refractivity contribution >= 4 is 39.1 Å². The highest BCUT2D eigenvalue weighted by Crippen LogP contribution is 2.21. The zero-order valence-electron chi connectivity index (χ0n) is 15.5. The van der Waals surface area contributed by atoms with Gasteiger partial charge in [0.25, 0.3) is 5.56 Å². The summed E-state index contributed by atoms with van der Waals surface area (Å²) in [5.41, 5.74) is 7.67.